The van der Waals surface area contributed by atoms with E-state index in [4.69, 9.17) is 16.7 Å². The smallest absolute Gasteiger partial charge is 0.0566 e. The Morgan fingerprint density at radius 2 is 2.23 bits per heavy atom. The molecule has 0 aliphatic carbocycles. The molecule has 0 atom stereocenters. The number of hydrogen-bond donors (Lipinski definition) is 1. The molecule has 0 aliphatic rings. The van der Waals surface area contributed by atoms with Gasteiger partial charge in [-0.05, 0) is 17.7 Å². The topological polar surface area (TPSA) is 23.5 Å². The first kappa shape index (κ1) is 11.2. The summed E-state index contributed by atoms with van der Waals surface area (Å²) in [4.78, 5) is 0. The summed E-state index contributed by atoms with van der Waals surface area (Å²) in [6.07, 6.45) is 0. The Labute approximate surface area is 97.0 Å². The molecule has 0 unspecified atom stereocenters. The van der Waals surface area contributed by atoms with E-state index >= 15 is 0 Å². The zero-order chi connectivity index (χ0) is 9.68. The number of rotatable bonds is 4. The van der Waals surface area contributed by atoms with Gasteiger partial charge in [0.25, 0.3) is 0 Å². The van der Waals surface area contributed by atoms with Gasteiger partial charge < -0.3 is 5.11 Å². The minimum atomic E-state index is 0.184. The predicted octanol–water partition coefficient (Wildman–Crippen LogP) is 2.48. The van der Waals surface area contributed by atoms with Crippen molar-refractivity contribution in [3.63, 3.8) is 0 Å². The number of hydrogen-bond acceptors (Lipinski definition) is 2. The Hall–Kier alpha value is 0.160. The van der Waals surface area contributed by atoms with Gasteiger partial charge in [0, 0.05) is 41.0 Å². The van der Waals surface area contributed by atoms with Gasteiger partial charge in [0.05, 0.1) is 6.61 Å². The maximum atomic E-state index is 8.70. The van der Waals surface area contributed by atoms with E-state index in [0.717, 1.165) is 17.1 Å². The molecular formula is C9H11ClINO. The number of halogens is 2. The molecule has 0 aliphatic heterocycles. The Balaban J connectivity index is 2.53. The van der Waals surface area contributed by atoms with Crippen molar-refractivity contribution in [2.24, 2.45) is 0 Å². The summed E-state index contributed by atoms with van der Waals surface area (Å²) in [6, 6.07) is 7.75. The van der Waals surface area contributed by atoms with Crippen LogP contribution in [0.15, 0.2) is 24.3 Å². The lowest BCUT2D eigenvalue weighted by atomic mass is 10.2. The summed E-state index contributed by atoms with van der Waals surface area (Å²) in [5.74, 6) is 0. The minimum absolute atomic E-state index is 0.184. The number of benzene rings is 1. The molecule has 0 spiro atoms. The van der Waals surface area contributed by atoms with Gasteiger partial charge in [0.2, 0.25) is 0 Å². The van der Waals surface area contributed by atoms with E-state index in [1.807, 2.05) is 27.4 Å². The first-order valence-corrected chi connectivity index (χ1v) is 5.32. The second-order valence-electron chi connectivity index (χ2n) is 2.70. The molecule has 0 aromatic heterocycles. The molecule has 0 radical (unpaired) electrons. The molecule has 72 valence electrons. The Morgan fingerprint density at radius 1 is 1.46 bits per heavy atom. The second-order valence-corrected chi connectivity index (χ2v) is 4.50. The van der Waals surface area contributed by atoms with Crippen molar-refractivity contribution in [2.45, 2.75) is 6.54 Å². The average molecular weight is 312 g/mol. The fourth-order valence-electron chi connectivity index (χ4n) is 1.02. The molecule has 1 aromatic rings. The van der Waals surface area contributed by atoms with E-state index < -0.39 is 0 Å². The molecule has 0 heterocycles. The van der Waals surface area contributed by atoms with Gasteiger partial charge in [-0.15, -0.1) is 0 Å². The maximum absolute atomic E-state index is 8.70. The quantitative estimate of drug-likeness (QED) is 0.682. The molecule has 2 nitrogen and oxygen atoms in total. The third kappa shape index (κ3) is 4.26. The molecule has 0 fully saturated rings. The van der Waals surface area contributed by atoms with Crippen LogP contribution in [0.3, 0.4) is 0 Å². The predicted molar refractivity (Wildman–Crippen MR) is 63.0 cm³/mol. The molecule has 1 N–H and O–H groups in total. The molecule has 0 saturated heterocycles. The van der Waals surface area contributed by atoms with Crippen molar-refractivity contribution >= 4 is 34.5 Å². The highest BCUT2D eigenvalue weighted by molar-refractivity contribution is 14.1. The van der Waals surface area contributed by atoms with Gasteiger partial charge in [0.15, 0.2) is 0 Å². The molecule has 0 bridgehead atoms. The first-order valence-electron chi connectivity index (χ1n) is 3.98. The van der Waals surface area contributed by atoms with Crippen LogP contribution < -0.4 is 0 Å². The lowest BCUT2D eigenvalue weighted by Crippen LogP contribution is -2.15. The second kappa shape index (κ2) is 5.80. The standard InChI is InChI=1S/C9H11ClINO/c10-9-3-1-2-8(6-9)7-12(11)4-5-13/h1-3,6,13H,4-5,7H2. The van der Waals surface area contributed by atoms with Gasteiger partial charge in [-0.2, -0.15) is 0 Å². The van der Waals surface area contributed by atoms with Crippen LogP contribution in [0.25, 0.3) is 0 Å². The van der Waals surface area contributed by atoms with Gasteiger partial charge >= 0.3 is 0 Å². The van der Waals surface area contributed by atoms with Gasteiger partial charge in [0.1, 0.15) is 0 Å². The van der Waals surface area contributed by atoms with Crippen LogP contribution in [0.1, 0.15) is 5.56 Å². The van der Waals surface area contributed by atoms with Crippen molar-refractivity contribution in [3.05, 3.63) is 34.9 Å². The lowest BCUT2D eigenvalue weighted by molar-refractivity contribution is 0.267. The largest absolute Gasteiger partial charge is 0.395 e. The Kier molecular flexibility index (Phi) is 5.01. The third-order valence-electron chi connectivity index (χ3n) is 1.59. The normalized spacial score (nSPS) is 10.8. The molecule has 0 saturated carbocycles. The Bertz CT molecular complexity index is 270. The monoisotopic (exact) mass is 311 g/mol. The number of aliphatic hydroxyl groups is 1. The van der Waals surface area contributed by atoms with E-state index in [1.54, 1.807) is 0 Å². The van der Waals surface area contributed by atoms with E-state index in [9.17, 15) is 0 Å². The molecule has 1 aromatic carbocycles. The molecular weight excluding hydrogens is 300 g/mol. The van der Waals surface area contributed by atoms with Crippen molar-refractivity contribution in [2.75, 3.05) is 13.2 Å². The highest BCUT2D eigenvalue weighted by Gasteiger charge is 2.00. The van der Waals surface area contributed by atoms with Gasteiger partial charge in [-0.25, -0.2) is 3.11 Å². The summed E-state index contributed by atoms with van der Waals surface area (Å²) in [5.41, 5.74) is 1.16. The maximum Gasteiger partial charge on any atom is 0.0566 e. The fourth-order valence-corrected chi connectivity index (χ4v) is 1.84. The van der Waals surface area contributed by atoms with Crippen molar-refractivity contribution in [3.8, 4) is 0 Å². The molecule has 13 heavy (non-hydrogen) atoms. The van der Waals surface area contributed by atoms with E-state index in [1.165, 1.54) is 0 Å². The van der Waals surface area contributed by atoms with Crippen molar-refractivity contribution in [1.29, 1.82) is 0 Å². The number of aliphatic hydroxyl groups excluding tert-OH is 1. The lowest BCUT2D eigenvalue weighted by Gasteiger charge is -2.12. The SMILES string of the molecule is OCCN(I)Cc1cccc(Cl)c1. The van der Waals surface area contributed by atoms with E-state index in [2.05, 4.69) is 22.9 Å². The molecule has 4 heteroatoms. The van der Waals surface area contributed by atoms with Crippen LogP contribution in [0.4, 0.5) is 0 Å². The summed E-state index contributed by atoms with van der Waals surface area (Å²) >= 11 is 8.02. The highest BCUT2D eigenvalue weighted by atomic mass is 127. The van der Waals surface area contributed by atoms with E-state index in [0.29, 0.717) is 6.54 Å². The first-order chi connectivity index (χ1) is 6.22. The van der Waals surface area contributed by atoms with E-state index in [-0.39, 0.29) is 6.61 Å². The molecule has 1 rings (SSSR count). The van der Waals surface area contributed by atoms with Crippen molar-refractivity contribution < 1.29 is 5.11 Å². The van der Waals surface area contributed by atoms with Gasteiger partial charge in [-0.1, -0.05) is 23.7 Å². The van der Waals surface area contributed by atoms with Gasteiger partial charge in [-0.3, -0.25) is 0 Å². The zero-order valence-corrected chi connectivity index (χ0v) is 9.99. The highest BCUT2D eigenvalue weighted by Crippen LogP contribution is 2.14. The van der Waals surface area contributed by atoms with Crippen LogP contribution in [-0.4, -0.2) is 21.4 Å². The summed E-state index contributed by atoms with van der Waals surface area (Å²) in [6.45, 7) is 1.66. The van der Waals surface area contributed by atoms with Crippen LogP contribution in [0, 0.1) is 0 Å². The molecule has 0 amide bonds. The summed E-state index contributed by atoms with van der Waals surface area (Å²) < 4.78 is 2.02. The van der Waals surface area contributed by atoms with Crippen molar-refractivity contribution in [1.82, 2.24) is 3.11 Å². The fraction of sp³-hybridized carbons (Fsp3) is 0.333. The zero-order valence-electron chi connectivity index (χ0n) is 7.08. The number of nitrogens with zero attached hydrogens (tertiary/aromatic N) is 1. The van der Waals surface area contributed by atoms with Crippen LogP contribution >= 0.6 is 34.5 Å². The van der Waals surface area contributed by atoms with Crippen LogP contribution in [-0.2, 0) is 6.54 Å². The Morgan fingerprint density at radius 3 is 2.85 bits per heavy atom. The summed E-state index contributed by atoms with van der Waals surface area (Å²) in [7, 11) is 0. The third-order valence-corrected chi connectivity index (χ3v) is 2.64. The van der Waals surface area contributed by atoms with Crippen LogP contribution in [0.5, 0.6) is 0 Å². The van der Waals surface area contributed by atoms with Crippen LogP contribution in [0.2, 0.25) is 5.02 Å². The minimum Gasteiger partial charge on any atom is -0.395 e. The average Bonchev–Trinajstić information content (AvgIpc) is 2.04. The summed E-state index contributed by atoms with van der Waals surface area (Å²) in [5, 5.41) is 9.45.